The molecule has 0 aromatic carbocycles. The number of ether oxygens (including phenoxy) is 2. The van der Waals surface area contributed by atoms with Crippen molar-refractivity contribution in [3.63, 3.8) is 0 Å². The molecule has 20 heavy (non-hydrogen) atoms. The number of hydrogen-bond donors (Lipinski definition) is 1. The monoisotopic (exact) mass is 295 g/mol. The number of hydrogen-bond acceptors (Lipinski definition) is 4. The molecule has 120 valence electrons. The van der Waals surface area contributed by atoms with E-state index >= 15 is 0 Å². The Bertz CT molecular complexity index is 265. The van der Waals surface area contributed by atoms with Crippen molar-refractivity contribution >= 4 is 5.97 Å². The van der Waals surface area contributed by atoms with Gasteiger partial charge in [-0.25, -0.2) is 8.78 Å². The van der Waals surface area contributed by atoms with Gasteiger partial charge in [0.1, 0.15) is 12.1 Å². The Kier molecular flexibility index (Phi) is 10.6. The van der Waals surface area contributed by atoms with Crippen molar-refractivity contribution in [3.05, 3.63) is 0 Å². The largest absolute Gasteiger partial charge is 0.465 e. The topological polar surface area (TPSA) is 47.6 Å². The molecule has 0 amide bonds. The standard InChI is InChI=1S/C14H27F2NO3/c1-4-9-17-14(3,13(18)20-5-2)8-6-7-10-19-11-12(15)16/h12,17H,4-11H2,1-3H3. The second kappa shape index (κ2) is 11.0. The van der Waals surface area contributed by atoms with Crippen LogP contribution in [0.25, 0.3) is 0 Å². The van der Waals surface area contributed by atoms with Gasteiger partial charge in [0.2, 0.25) is 0 Å². The maximum Gasteiger partial charge on any atom is 0.326 e. The van der Waals surface area contributed by atoms with Gasteiger partial charge in [-0.15, -0.1) is 0 Å². The van der Waals surface area contributed by atoms with Crippen LogP contribution in [0.5, 0.6) is 0 Å². The minimum Gasteiger partial charge on any atom is -0.465 e. The highest BCUT2D eigenvalue weighted by molar-refractivity contribution is 5.80. The van der Waals surface area contributed by atoms with E-state index in [1.54, 1.807) is 6.92 Å². The van der Waals surface area contributed by atoms with Crippen molar-refractivity contribution in [1.82, 2.24) is 5.32 Å². The number of nitrogens with one attached hydrogen (secondary N) is 1. The van der Waals surface area contributed by atoms with Crippen molar-refractivity contribution in [1.29, 1.82) is 0 Å². The van der Waals surface area contributed by atoms with E-state index in [0.717, 1.165) is 19.4 Å². The first-order valence-electron chi connectivity index (χ1n) is 7.24. The minimum absolute atomic E-state index is 0.262. The fourth-order valence-corrected chi connectivity index (χ4v) is 1.81. The van der Waals surface area contributed by atoms with Gasteiger partial charge >= 0.3 is 5.97 Å². The molecule has 0 aliphatic rings. The molecule has 0 fully saturated rings. The molecular weight excluding hydrogens is 268 g/mol. The van der Waals surface area contributed by atoms with Crippen molar-refractivity contribution < 1.29 is 23.0 Å². The van der Waals surface area contributed by atoms with Gasteiger partial charge in [-0.3, -0.25) is 4.79 Å². The Balaban J connectivity index is 4.06. The number of alkyl halides is 2. The quantitative estimate of drug-likeness (QED) is 0.444. The third kappa shape index (κ3) is 8.43. The van der Waals surface area contributed by atoms with Gasteiger partial charge in [0, 0.05) is 6.61 Å². The number of esters is 1. The lowest BCUT2D eigenvalue weighted by atomic mass is 9.94. The summed E-state index contributed by atoms with van der Waals surface area (Å²) in [6, 6.07) is 0. The molecule has 1 atom stereocenters. The van der Waals surface area contributed by atoms with Crippen LogP contribution in [0.2, 0.25) is 0 Å². The summed E-state index contributed by atoms with van der Waals surface area (Å²) in [5, 5.41) is 3.20. The molecule has 0 saturated heterocycles. The first kappa shape index (κ1) is 19.2. The Morgan fingerprint density at radius 1 is 1.30 bits per heavy atom. The first-order valence-corrected chi connectivity index (χ1v) is 7.24. The smallest absolute Gasteiger partial charge is 0.326 e. The van der Waals surface area contributed by atoms with E-state index in [0.29, 0.717) is 19.4 Å². The Morgan fingerprint density at radius 2 is 2.00 bits per heavy atom. The fourth-order valence-electron chi connectivity index (χ4n) is 1.81. The number of halogens is 2. The van der Waals surface area contributed by atoms with Gasteiger partial charge in [-0.05, 0) is 46.1 Å². The average molecular weight is 295 g/mol. The van der Waals surface area contributed by atoms with Gasteiger partial charge in [-0.1, -0.05) is 6.92 Å². The molecule has 0 bridgehead atoms. The first-order chi connectivity index (χ1) is 9.46. The van der Waals surface area contributed by atoms with Crippen LogP contribution in [-0.2, 0) is 14.3 Å². The van der Waals surface area contributed by atoms with Gasteiger partial charge in [0.15, 0.2) is 0 Å². The highest BCUT2D eigenvalue weighted by Gasteiger charge is 2.33. The van der Waals surface area contributed by atoms with E-state index in [-0.39, 0.29) is 12.6 Å². The minimum atomic E-state index is -2.42. The van der Waals surface area contributed by atoms with Crippen LogP contribution in [0.4, 0.5) is 8.78 Å². The number of carbonyl (C=O) groups is 1. The Hall–Kier alpha value is -0.750. The Labute approximate surface area is 120 Å². The molecule has 1 unspecified atom stereocenters. The molecule has 0 radical (unpaired) electrons. The normalized spacial score (nSPS) is 14.3. The highest BCUT2D eigenvalue weighted by Crippen LogP contribution is 2.16. The molecule has 0 aliphatic carbocycles. The number of unbranched alkanes of at least 4 members (excludes halogenated alkanes) is 1. The lowest BCUT2D eigenvalue weighted by Gasteiger charge is -2.28. The lowest BCUT2D eigenvalue weighted by Crippen LogP contribution is -2.50. The van der Waals surface area contributed by atoms with E-state index < -0.39 is 18.6 Å². The summed E-state index contributed by atoms with van der Waals surface area (Å²) in [5.41, 5.74) is -0.714. The molecule has 6 heteroatoms. The van der Waals surface area contributed by atoms with Crippen molar-refractivity contribution in [2.45, 2.75) is 58.4 Å². The highest BCUT2D eigenvalue weighted by atomic mass is 19.3. The van der Waals surface area contributed by atoms with E-state index in [1.165, 1.54) is 0 Å². The van der Waals surface area contributed by atoms with Crippen LogP contribution in [0.3, 0.4) is 0 Å². The van der Waals surface area contributed by atoms with Gasteiger partial charge < -0.3 is 14.8 Å². The van der Waals surface area contributed by atoms with Gasteiger partial charge in [0.05, 0.1) is 6.61 Å². The third-order valence-electron chi connectivity index (χ3n) is 2.95. The van der Waals surface area contributed by atoms with E-state index in [9.17, 15) is 13.6 Å². The van der Waals surface area contributed by atoms with Crippen LogP contribution < -0.4 is 5.32 Å². The van der Waals surface area contributed by atoms with Crippen molar-refractivity contribution in [3.8, 4) is 0 Å². The summed E-state index contributed by atoms with van der Waals surface area (Å²) >= 11 is 0. The van der Waals surface area contributed by atoms with Crippen molar-refractivity contribution in [2.24, 2.45) is 0 Å². The van der Waals surface area contributed by atoms with Gasteiger partial charge in [-0.2, -0.15) is 0 Å². The van der Waals surface area contributed by atoms with Crippen LogP contribution in [-0.4, -0.2) is 44.3 Å². The predicted octanol–water partition coefficient (Wildman–Crippen LogP) is 2.76. The molecule has 0 aliphatic heterocycles. The zero-order valence-corrected chi connectivity index (χ0v) is 12.7. The molecule has 4 nitrogen and oxygen atoms in total. The van der Waals surface area contributed by atoms with Crippen LogP contribution in [0.15, 0.2) is 0 Å². The third-order valence-corrected chi connectivity index (χ3v) is 2.95. The zero-order chi connectivity index (χ0) is 15.4. The fraction of sp³-hybridized carbons (Fsp3) is 0.929. The Morgan fingerprint density at radius 3 is 2.55 bits per heavy atom. The summed E-state index contributed by atoms with van der Waals surface area (Å²) in [7, 11) is 0. The van der Waals surface area contributed by atoms with Crippen LogP contribution >= 0.6 is 0 Å². The average Bonchev–Trinajstić information content (AvgIpc) is 2.40. The number of rotatable bonds is 12. The molecule has 0 aromatic rings. The van der Waals surface area contributed by atoms with Crippen molar-refractivity contribution in [2.75, 3.05) is 26.4 Å². The predicted molar refractivity (Wildman–Crippen MR) is 74.0 cm³/mol. The van der Waals surface area contributed by atoms with E-state index in [1.807, 2.05) is 13.8 Å². The van der Waals surface area contributed by atoms with Crippen LogP contribution in [0, 0.1) is 0 Å². The summed E-state index contributed by atoms with van der Waals surface area (Å²) in [5.74, 6) is -0.262. The second-order valence-corrected chi connectivity index (χ2v) is 4.90. The molecule has 0 spiro atoms. The molecular formula is C14H27F2NO3. The zero-order valence-electron chi connectivity index (χ0n) is 12.7. The van der Waals surface area contributed by atoms with E-state index in [2.05, 4.69) is 5.32 Å². The second-order valence-electron chi connectivity index (χ2n) is 4.90. The number of carbonyl (C=O) groups excluding carboxylic acids is 1. The lowest BCUT2D eigenvalue weighted by molar-refractivity contribution is -0.150. The summed E-state index contributed by atoms with van der Waals surface area (Å²) in [6.45, 7) is 6.46. The maximum atomic E-state index is 12.0. The molecule has 0 heterocycles. The maximum absolute atomic E-state index is 12.0. The summed E-state index contributed by atoms with van der Waals surface area (Å²) < 4.78 is 33.6. The van der Waals surface area contributed by atoms with Gasteiger partial charge in [0.25, 0.3) is 6.43 Å². The molecule has 1 N–H and O–H groups in total. The molecule has 0 rings (SSSR count). The molecule has 0 saturated carbocycles. The summed E-state index contributed by atoms with van der Waals surface area (Å²) in [4.78, 5) is 12.0. The molecule has 0 aromatic heterocycles. The van der Waals surface area contributed by atoms with Crippen LogP contribution in [0.1, 0.15) is 46.5 Å². The SMILES string of the molecule is CCCNC(C)(CCCCOCC(F)F)C(=O)OCC. The summed E-state index contributed by atoms with van der Waals surface area (Å²) in [6.07, 6.45) is 0.465. The van der Waals surface area contributed by atoms with E-state index in [4.69, 9.17) is 9.47 Å².